The zero-order valence-corrected chi connectivity index (χ0v) is 22.7. The lowest BCUT2D eigenvalue weighted by Gasteiger charge is -2.36. The molecule has 2 atom stereocenters. The second kappa shape index (κ2) is 10.3. The number of hydrogen-bond donors (Lipinski definition) is 2. The summed E-state index contributed by atoms with van der Waals surface area (Å²) in [7, 11) is -4.96. The van der Waals surface area contributed by atoms with Crippen molar-refractivity contribution in [2.24, 2.45) is 5.92 Å². The second-order valence-electron chi connectivity index (χ2n) is 9.76. The summed E-state index contributed by atoms with van der Waals surface area (Å²) in [5.41, 5.74) is 1.24. The molecular formula is C25H35NO6SSi. The van der Waals surface area contributed by atoms with Crippen LogP contribution in [-0.2, 0) is 19.6 Å². The average Bonchev–Trinajstić information content (AvgIpc) is 2.74. The van der Waals surface area contributed by atoms with Crippen molar-refractivity contribution in [3.05, 3.63) is 66.2 Å². The molecule has 0 fully saturated rings. The molecule has 0 saturated carbocycles. The summed E-state index contributed by atoms with van der Waals surface area (Å²) in [6.07, 6.45) is -0.139. The highest BCUT2D eigenvalue weighted by Crippen LogP contribution is 2.40. The number of anilines is 1. The minimum atomic E-state index is -3.95. The van der Waals surface area contributed by atoms with Gasteiger partial charge in [0.25, 0.3) is 10.0 Å². The number of methoxy groups -OCH3 is 1. The molecule has 0 amide bonds. The number of aliphatic hydroxyl groups excluding tert-OH is 1. The molecule has 0 aliphatic carbocycles. The van der Waals surface area contributed by atoms with Crippen molar-refractivity contribution >= 4 is 30.0 Å². The summed E-state index contributed by atoms with van der Waals surface area (Å²) in [6, 6.07) is 11.2. The minimum Gasteiger partial charge on any atom is -0.543 e. The number of aryl methyl sites for hydroxylation is 1. The lowest BCUT2D eigenvalue weighted by Crippen LogP contribution is -2.43. The first-order valence-electron chi connectivity index (χ1n) is 10.9. The molecule has 7 nitrogen and oxygen atoms in total. The summed E-state index contributed by atoms with van der Waals surface area (Å²) in [5, 5.41) is 11.0. The molecule has 2 rings (SSSR count). The van der Waals surface area contributed by atoms with E-state index >= 15 is 0 Å². The molecule has 0 aromatic heterocycles. The maximum atomic E-state index is 13.0. The van der Waals surface area contributed by atoms with Crippen LogP contribution < -0.4 is 9.15 Å². The zero-order chi connectivity index (χ0) is 25.9. The van der Waals surface area contributed by atoms with Crippen LogP contribution in [0.1, 0.15) is 38.0 Å². The maximum Gasteiger partial charge on any atom is 0.315 e. The van der Waals surface area contributed by atoms with E-state index in [2.05, 4.69) is 45.2 Å². The third-order valence-electron chi connectivity index (χ3n) is 6.16. The van der Waals surface area contributed by atoms with Crippen molar-refractivity contribution < 1.29 is 27.5 Å². The smallest absolute Gasteiger partial charge is 0.315 e. The number of nitrogens with one attached hydrogen (secondary N) is 1. The van der Waals surface area contributed by atoms with Gasteiger partial charge < -0.3 is 14.3 Å². The lowest BCUT2D eigenvalue weighted by molar-refractivity contribution is -0.147. The Morgan fingerprint density at radius 3 is 2.24 bits per heavy atom. The fraction of sp³-hybridized carbons (Fsp3) is 0.400. The van der Waals surface area contributed by atoms with Gasteiger partial charge >= 0.3 is 5.97 Å². The predicted molar refractivity (Wildman–Crippen MR) is 137 cm³/mol. The third kappa shape index (κ3) is 6.28. The van der Waals surface area contributed by atoms with Gasteiger partial charge in [0.05, 0.1) is 23.8 Å². The average molecular weight is 506 g/mol. The molecule has 0 aliphatic rings. The van der Waals surface area contributed by atoms with Gasteiger partial charge in [-0.2, -0.15) is 0 Å². The SMILES string of the molecule is C=CC(C(=O)OC)C(O)c1cc(O[Si](C)(C)C(C)(C)C)ccc1NS(=O)(=O)c1ccc(C)cc1. The number of hydrogen-bond acceptors (Lipinski definition) is 6. The number of rotatable bonds is 9. The number of aliphatic hydroxyl groups is 1. The van der Waals surface area contributed by atoms with Gasteiger partial charge in [-0.25, -0.2) is 8.42 Å². The van der Waals surface area contributed by atoms with Crippen LogP contribution in [0.5, 0.6) is 5.75 Å². The highest BCUT2D eigenvalue weighted by Gasteiger charge is 2.39. The Balaban J connectivity index is 2.57. The first-order chi connectivity index (χ1) is 15.6. The first-order valence-corrected chi connectivity index (χ1v) is 15.3. The standard InChI is InChI=1S/C25H35NO6SSi/c1-9-20(24(28)31-6)23(27)21-16-18(32-34(7,8)25(3,4)5)12-15-22(21)26-33(29,30)19-13-10-17(2)11-14-19/h9-16,20,23,26-27H,1H2,2-8H3. The zero-order valence-electron chi connectivity index (χ0n) is 20.9. The molecule has 2 aromatic carbocycles. The summed E-state index contributed by atoms with van der Waals surface area (Å²) in [5.74, 6) is -1.31. The summed E-state index contributed by atoms with van der Waals surface area (Å²) in [4.78, 5) is 12.3. The predicted octanol–water partition coefficient (Wildman–Crippen LogP) is 5.19. The Morgan fingerprint density at radius 1 is 1.15 bits per heavy atom. The van der Waals surface area contributed by atoms with Crippen molar-refractivity contribution in [2.45, 2.75) is 56.8 Å². The number of benzene rings is 2. The first kappa shape index (κ1) is 27.6. The highest BCUT2D eigenvalue weighted by molar-refractivity contribution is 7.92. The highest BCUT2D eigenvalue weighted by atomic mass is 32.2. The largest absolute Gasteiger partial charge is 0.543 e. The monoisotopic (exact) mass is 505 g/mol. The molecule has 0 saturated heterocycles. The summed E-state index contributed by atoms with van der Waals surface area (Å²) in [6.45, 7) is 16.0. The Hall–Kier alpha value is -2.62. The van der Waals surface area contributed by atoms with Gasteiger partial charge in [0.1, 0.15) is 11.7 Å². The van der Waals surface area contributed by atoms with Crippen molar-refractivity contribution in [3.63, 3.8) is 0 Å². The molecule has 2 aromatic rings. The van der Waals surface area contributed by atoms with E-state index in [1.165, 1.54) is 31.4 Å². The second-order valence-corrected chi connectivity index (χ2v) is 16.2. The van der Waals surface area contributed by atoms with Crippen LogP contribution in [0.3, 0.4) is 0 Å². The van der Waals surface area contributed by atoms with Crippen molar-refractivity contribution in [1.82, 2.24) is 0 Å². The maximum absolute atomic E-state index is 13.0. The molecule has 0 spiro atoms. The fourth-order valence-electron chi connectivity index (χ4n) is 2.99. The Kier molecular flexibility index (Phi) is 8.39. The van der Waals surface area contributed by atoms with Gasteiger partial charge in [-0.05, 0) is 55.4 Å². The Bertz CT molecular complexity index is 1140. The molecular weight excluding hydrogens is 470 g/mol. The molecule has 34 heavy (non-hydrogen) atoms. The van der Waals surface area contributed by atoms with E-state index in [4.69, 9.17) is 9.16 Å². The quantitative estimate of drug-likeness (QED) is 0.276. The van der Waals surface area contributed by atoms with E-state index in [9.17, 15) is 18.3 Å². The molecule has 0 heterocycles. The Morgan fingerprint density at radius 2 is 1.74 bits per heavy atom. The van der Waals surface area contributed by atoms with E-state index in [0.717, 1.165) is 5.56 Å². The molecule has 0 radical (unpaired) electrons. The van der Waals surface area contributed by atoms with Gasteiger partial charge in [-0.15, -0.1) is 6.58 Å². The summed E-state index contributed by atoms with van der Waals surface area (Å²) >= 11 is 0. The van der Waals surface area contributed by atoms with E-state index < -0.39 is 36.3 Å². The fourth-order valence-corrected chi connectivity index (χ4v) is 5.10. The van der Waals surface area contributed by atoms with Crippen LogP contribution in [0.25, 0.3) is 0 Å². The molecule has 9 heteroatoms. The van der Waals surface area contributed by atoms with E-state index in [1.54, 1.807) is 24.3 Å². The molecule has 0 aliphatic heterocycles. The van der Waals surface area contributed by atoms with Crippen LogP contribution in [0.4, 0.5) is 5.69 Å². The van der Waals surface area contributed by atoms with Crippen LogP contribution in [0.15, 0.2) is 60.0 Å². The van der Waals surface area contributed by atoms with Crippen molar-refractivity contribution in [3.8, 4) is 5.75 Å². The van der Waals surface area contributed by atoms with Crippen molar-refractivity contribution in [2.75, 3.05) is 11.8 Å². The normalized spacial score (nSPS) is 14.1. The van der Waals surface area contributed by atoms with E-state index in [1.807, 2.05) is 6.92 Å². The van der Waals surface area contributed by atoms with Crippen molar-refractivity contribution in [1.29, 1.82) is 0 Å². The summed E-state index contributed by atoms with van der Waals surface area (Å²) < 4.78 is 39.7. The van der Waals surface area contributed by atoms with Gasteiger partial charge in [-0.1, -0.05) is 44.5 Å². The van der Waals surface area contributed by atoms with E-state index in [0.29, 0.717) is 5.75 Å². The molecule has 0 bridgehead atoms. The van der Waals surface area contributed by atoms with Gasteiger partial charge in [0, 0.05) is 5.56 Å². The number of carbonyl (C=O) groups is 1. The van der Waals surface area contributed by atoms with Crippen LogP contribution in [0, 0.1) is 12.8 Å². The van der Waals surface area contributed by atoms with Gasteiger partial charge in [-0.3, -0.25) is 9.52 Å². The number of ether oxygens (including phenoxy) is 1. The number of sulfonamides is 1. The number of esters is 1. The molecule has 2 N–H and O–H groups in total. The van der Waals surface area contributed by atoms with E-state index in [-0.39, 0.29) is 21.2 Å². The number of carbonyl (C=O) groups excluding carboxylic acids is 1. The Labute approximate surface area is 204 Å². The van der Waals surface area contributed by atoms with Crippen LogP contribution in [-0.4, -0.2) is 34.9 Å². The topological polar surface area (TPSA) is 102 Å². The van der Waals surface area contributed by atoms with Gasteiger partial charge in [0.15, 0.2) is 0 Å². The van der Waals surface area contributed by atoms with Crippen LogP contribution in [0.2, 0.25) is 18.1 Å². The lowest BCUT2D eigenvalue weighted by atomic mass is 9.94. The molecule has 2 unspecified atom stereocenters. The van der Waals surface area contributed by atoms with Gasteiger partial charge in [0.2, 0.25) is 8.32 Å². The van der Waals surface area contributed by atoms with Crippen LogP contribution >= 0.6 is 0 Å². The third-order valence-corrected chi connectivity index (χ3v) is 11.9. The molecule has 186 valence electrons. The minimum absolute atomic E-state index is 0.0762.